The molecule has 2 aromatic heterocycles. The lowest BCUT2D eigenvalue weighted by atomic mass is 10.1. The minimum Gasteiger partial charge on any atom is -0.345 e. The number of halogens is 1. The van der Waals surface area contributed by atoms with Gasteiger partial charge in [-0.3, -0.25) is 4.79 Å². The zero-order chi connectivity index (χ0) is 19.8. The summed E-state index contributed by atoms with van der Waals surface area (Å²) in [6.45, 7) is 0. The number of carbonyl (C=O) groups is 1. The SMILES string of the molecule is O=C1Cc2cnc(Nc3cccc(-c4ncc[nH]4)c3)nc2-c2ccc(Cl)cc2N1. The van der Waals surface area contributed by atoms with Crippen LogP contribution in [-0.4, -0.2) is 25.8 Å². The molecule has 2 aromatic carbocycles. The number of fused-ring (bicyclic) bond motifs is 3. The second-order valence-electron chi connectivity index (χ2n) is 6.63. The third-order valence-corrected chi connectivity index (χ3v) is 4.85. The lowest BCUT2D eigenvalue weighted by molar-refractivity contribution is -0.115. The van der Waals surface area contributed by atoms with Crippen LogP contribution in [0.2, 0.25) is 5.02 Å². The molecule has 3 N–H and O–H groups in total. The highest BCUT2D eigenvalue weighted by Crippen LogP contribution is 2.35. The van der Waals surface area contributed by atoms with Crippen molar-refractivity contribution in [1.29, 1.82) is 0 Å². The van der Waals surface area contributed by atoms with E-state index < -0.39 is 0 Å². The van der Waals surface area contributed by atoms with Gasteiger partial charge >= 0.3 is 0 Å². The Bertz CT molecular complexity index is 1220. The third kappa shape index (κ3) is 3.43. The number of hydrogen-bond acceptors (Lipinski definition) is 5. The highest BCUT2D eigenvalue weighted by molar-refractivity contribution is 6.31. The second-order valence-corrected chi connectivity index (χ2v) is 7.06. The van der Waals surface area contributed by atoms with Gasteiger partial charge in [0.15, 0.2) is 0 Å². The van der Waals surface area contributed by atoms with Crippen molar-refractivity contribution in [2.24, 2.45) is 0 Å². The molecule has 8 heteroatoms. The molecule has 1 aliphatic heterocycles. The maximum absolute atomic E-state index is 12.2. The van der Waals surface area contributed by atoms with Crippen LogP contribution in [-0.2, 0) is 11.2 Å². The molecule has 0 spiro atoms. The van der Waals surface area contributed by atoms with Gasteiger partial charge in [0.05, 0.1) is 17.8 Å². The van der Waals surface area contributed by atoms with Gasteiger partial charge in [0, 0.05) is 46.0 Å². The third-order valence-electron chi connectivity index (χ3n) is 4.62. The van der Waals surface area contributed by atoms with Crippen molar-refractivity contribution < 1.29 is 4.79 Å². The fourth-order valence-electron chi connectivity index (χ4n) is 3.32. The molecule has 1 amide bonds. The van der Waals surface area contributed by atoms with Crippen molar-refractivity contribution in [3.8, 4) is 22.6 Å². The molecule has 142 valence electrons. The summed E-state index contributed by atoms with van der Waals surface area (Å²) in [4.78, 5) is 28.7. The first kappa shape index (κ1) is 17.4. The van der Waals surface area contributed by atoms with Crippen LogP contribution < -0.4 is 10.6 Å². The average Bonchev–Trinajstić information content (AvgIpc) is 3.20. The second kappa shape index (κ2) is 7.03. The Balaban J connectivity index is 1.52. The highest BCUT2D eigenvalue weighted by atomic mass is 35.5. The maximum atomic E-state index is 12.2. The smallest absolute Gasteiger partial charge is 0.228 e. The van der Waals surface area contributed by atoms with Crippen molar-refractivity contribution >= 4 is 34.8 Å². The summed E-state index contributed by atoms with van der Waals surface area (Å²) in [7, 11) is 0. The molecule has 7 nitrogen and oxygen atoms in total. The maximum Gasteiger partial charge on any atom is 0.228 e. The van der Waals surface area contributed by atoms with Crippen molar-refractivity contribution in [3.05, 3.63) is 71.6 Å². The Morgan fingerprint density at radius 1 is 1.10 bits per heavy atom. The van der Waals surface area contributed by atoms with Gasteiger partial charge in [0.1, 0.15) is 5.82 Å². The van der Waals surface area contributed by atoms with E-state index in [2.05, 4.69) is 30.6 Å². The van der Waals surface area contributed by atoms with Crippen LogP contribution in [0, 0.1) is 0 Å². The Kier molecular flexibility index (Phi) is 4.22. The summed E-state index contributed by atoms with van der Waals surface area (Å²) in [5.74, 6) is 1.10. The minimum atomic E-state index is -0.122. The van der Waals surface area contributed by atoms with E-state index in [9.17, 15) is 4.79 Å². The molecule has 5 rings (SSSR count). The van der Waals surface area contributed by atoms with E-state index in [1.807, 2.05) is 30.3 Å². The monoisotopic (exact) mass is 402 g/mol. The molecule has 0 radical (unpaired) electrons. The number of nitrogens with one attached hydrogen (secondary N) is 3. The van der Waals surface area contributed by atoms with Gasteiger partial charge in [-0.25, -0.2) is 15.0 Å². The van der Waals surface area contributed by atoms with Crippen molar-refractivity contribution in [2.45, 2.75) is 6.42 Å². The van der Waals surface area contributed by atoms with Crippen LogP contribution in [0.25, 0.3) is 22.6 Å². The van der Waals surface area contributed by atoms with E-state index in [0.29, 0.717) is 22.4 Å². The summed E-state index contributed by atoms with van der Waals surface area (Å²) in [6.07, 6.45) is 5.38. The molecule has 4 aromatic rings. The van der Waals surface area contributed by atoms with Gasteiger partial charge < -0.3 is 15.6 Å². The van der Waals surface area contributed by atoms with E-state index in [4.69, 9.17) is 11.6 Å². The van der Waals surface area contributed by atoms with Crippen molar-refractivity contribution in [3.63, 3.8) is 0 Å². The van der Waals surface area contributed by atoms with Crippen LogP contribution in [0.3, 0.4) is 0 Å². The quantitative estimate of drug-likeness (QED) is 0.471. The Morgan fingerprint density at radius 2 is 2.03 bits per heavy atom. The largest absolute Gasteiger partial charge is 0.345 e. The standard InChI is InChI=1S/C21H15ClN6O/c22-14-4-5-16-17(10-14)27-18(29)9-13-11-25-21(28-19(13)16)26-15-3-1-2-12(8-15)20-23-6-7-24-20/h1-8,10-11H,9H2,(H,23,24)(H,27,29)(H,25,26,28). The molecule has 0 saturated carbocycles. The fourth-order valence-corrected chi connectivity index (χ4v) is 3.49. The molecule has 3 heterocycles. The Morgan fingerprint density at radius 3 is 2.90 bits per heavy atom. The zero-order valence-electron chi connectivity index (χ0n) is 15.1. The molecule has 0 fully saturated rings. The fraction of sp³-hybridized carbons (Fsp3) is 0.0476. The van der Waals surface area contributed by atoms with Crippen LogP contribution >= 0.6 is 11.6 Å². The van der Waals surface area contributed by atoms with Gasteiger partial charge in [-0.2, -0.15) is 0 Å². The predicted octanol–water partition coefficient (Wildman–Crippen LogP) is 4.43. The molecule has 0 unspecified atom stereocenters. The number of carbonyl (C=O) groups excluding carboxylic acids is 1. The highest BCUT2D eigenvalue weighted by Gasteiger charge is 2.21. The molecular weight excluding hydrogens is 388 g/mol. The van der Waals surface area contributed by atoms with Crippen LogP contribution in [0.4, 0.5) is 17.3 Å². The number of nitrogens with zero attached hydrogens (tertiary/aromatic N) is 3. The Labute approximate surface area is 171 Å². The number of aromatic nitrogens is 4. The molecule has 0 bridgehead atoms. The lowest BCUT2D eigenvalue weighted by Gasteiger charge is -2.11. The number of amides is 1. The molecule has 29 heavy (non-hydrogen) atoms. The van der Waals surface area contributed by atoms with E-state index >= 15 is 0 Å². The number of aromatic amines is 1. The summed E-state index contributed by atoms with van der Waals surface area (Å²) < 4.78 is 0. The van der Waals surface area contributed by atoms with Crippen LogP contribution in [0.1, 0.15) is 5.56 Å². The number of anilines is 3. The first-order chi connectivity index (χ1) is 14.2. The first-order valence-corrected chi connectivity index (χ1v) is 9.36. The lowest BCUT2D eigenvalue weighted by Crippen LogP contribution is -2.12. The summed E-state index contributed by atoms with van der Waals surface area (Å²) in [6, 6.07) is 13.2. The van der Waals surface area contributed by atoms with E-state index in [0.717, 1.165) is 28.2 Å². The van der Waals surface area contributed by atoms with Crippen LogP contribution in [0.5, 0.6) is 0 Å². The average molecular weight is 403 g/mol. The topological polar surface area (TPSA) is 95.6 Å². The van der Waals surface area contributed by atoms with E-state index in [-0.39, 0.29) is 12.3 Å². The normalized spacial score (nSPS) is 12.5. The summed E-state index contributed by atoms with van der Waals surface area (Å²) >= 11 is 6.10. The predicted molar refractivity (Wildman–Crippen MR) is 112 cm³/mol. The van der Waals surface area contributed by atoms with Gasteiger partial charge in [-0.05, 0) is 30.3 Å². The molecule has 1 aliphatic rings. The zero-order valence-corrected chi connectivity index (χ0v) is 15.9. The molecule has 0 saturated heterocycles. The molecule has 0 atom stereocenters. The summed E-state index contributed by atoms with van der Waals surface area (Å²) in [5.41, 5.74) is 4.70. The molecular formula is C21H15ClN6O. The van der Waals surface area contributed by atoms with Gasteiger partial charge in [-0.1, -0.05) is 23.7 Å². The van der Waals surface area contributed by atoms with Crippen LogP contribution in [0.15, 0.2) is 61.1 Å². The summed E-state index contributed by atoms with van der Waals surface area (Å²) in [5, 5.41) is 6.67. The number of hydrogen-bond donors (Lipinski definition) is 3. The van der Waals surface area contributed by atoms with Crippen molar-refractivity contribution in [2.75, 3.05) is 10.6 Å². The minimum absolute atomic E-state index is 0.122. The van der Waals surface area contributed by atoms with Crippen molar-refractivity contribution in [1.82, 2.24) is 19.9 Å². The number of H-pyrrole nitrogens is 1. The first-order valence-electron chi connectivity index (χ1n) is 8.98. The van der Waals surface area contributed by atoms with E-state index in [1.165, 1.54) is 0 Å². The number of imidazole rings is 1. The Hall–Kier alpha value is -3.71. The molecule has 0 aliphatic carbocycles. The number of rotatable bonds is 3. The van der Waals surface area contributed by atoms with Gasteiger partial charge in [0.2, 0.25) is 11.9 Å². The van der Waals surface area contributed by atoms with Gasteiger partial charge in [0.25, 0.3) is 0 Å². The number of benzene rings is 2. The van der Waals surface area contributed by atoms with E-state index in [1.54, 1.807) is 30.7 Å². The van der Waals surface area contributed by atoms with Gasteiger partial charge in [-0.15, -0.1) is 0 Å².